The van der Waals surface area contributed by atoms with Crippen LogP contribution in [0.4, 0.5) is 5.69 Å². The molecule has 0 bridgehead atoms. The van der Waals surface area contributed by atoms with Gasteiger partial charge in [0.15, 0.2) is 0 Å². The van der Waals surface area contributed by atoms with Crippen molar-refractivity contribution in [3.8, 4) is 5.75 Å². The van der Waals surface area contributed by atoms with Crippen LogP contribution in [0.2, 0.25) is 0 Å². The molecule has 1 aromatic carbocycles. The van der Waals surface area contributed by atoms with Gasteiger partial charge in [0.2, 0.25) is 0 Å². The van der Waals surface area contributed by atoms with Crippen molar-refractivity contribution in [1.82, 2.24) is 4.90 Å². The Hall–Kier alpha value is -2.06. The molecule has 2 rings (SSSR count). The minimum Gasteiger partial charge on any atom is -0.466 e. The molecule has 26 heavy (non-hydrogen) atoms. The molecule has 0 fully saturated rings. The van der Waals surface area contributed by atoms with Gasteiger partial charge >= 0.3 is 94.1 Å². The first-order valence-corrected chi connectivity index (χ1v) is 11.1. The van der Waals surface area contributed by atoms with Crippen molar-refractivity contribution in [3.05, 3.63) is 29.8 Å². The predicted molar refractivity (Wildman–Crippen MR) is 95.1 cm³/mol. The van der Waals surface area contributed by atoms with Gasteiger partial charge in [-0.3, -0.25) is 0 Å². The summed E-state index contributed by atoms with van der Waals surface area (Å²) in [7, 11) is 3.41. The third kappa shape index (κ3) is 7.05. The number of hydrogen-bond donors (Lipinski definition) is 4. The molecular formula is C16H23AsN2O7. The summed E-state index contributed by atoms with van der Waals surface area (Å²) in [5.74, 6) is -0.866. The second kappa shape index (κ2) is 9.58. The Labute approximate surface area is 154 Å². The molecule has 1 aromatic rings. The molecule has 0 spiro atoms. The maximum Gasteiger partial charge on any atom is 0.334 e. The van der Waals surface area contributed by atoms with Crippen molar-refractivity contribution < 1.29 is 31.4 Å². The summed E-state index contributed by atoms with van der Waals surface area (Å²) in [5.41, 5.74) is 0.769. The van der Waals surface area contributed by atoms with Crippen LogP contribution in [-0.2, 0) is 18.1 Å². The molecule has 10 heteroatoms. The molecule has 0 radical (unpaired) electrons. The molecule has 0 atom stereocenters. The Morgan fingerprint density at radius 3 is 2.46 bits per heavy atom. The second-order valence-corrected chi connectivity index (χ2v) is 9.04. The molecular weight excluding hydrogens is 407 g/mol. The molecule has 0 saturated heterocycles. The number of ether oxygens (including phenoxy) is 1. The zero-order valence-electron chi connectivity index (χ0n) is 14.8. The molecule has 1 amide bonds. The van der Waals surface area contributed by atoms with Crippen molar-refractivity contribution in [1.29, 1.82) is 0 Å². The van der Waals surface area contributed by atoms with Gasteiger partial charge in [-0.15, -0.1) is 0 Å². The number of methoxy groups -OCH3 is 1. The van der Waals surface area contributed by atoms with E-state index in [2.05, 4.69) is 15.0 Å². The summed E-state index contributed by atoms with van der Waals surface area (Å²) >= 11 is -4.98. The third-order valence-corrected chi connectivity index (χ3v) is 5.41. The number of amides is 1. The van der Waals surface area contributed by atoms with E-state index in [4.69, 9.17) is 8.19 Å². The van der Waals surface area contributed by atoms with Crippen LogP contribution in [0.3, 0.4) is 0 Å². The van der Waals surface area contributed by atoms with Gasteiger partial charge in [0.1, 0.15) is 0 Å². The fourth-order valence-corrected chi connectivity index (χ4v) is 3.36. The van der Waals surface area contributed by atoms with Gasteiger partial charge in [0.25, 0.3) is 0 Å². The molecule has 1 aliphatic rings. The number of nitrogens with one attached hydrogen (secondary N) is 1. The number of anilines is 1. The summed E-state index contributed by atoms with van der Waals surface area (Å²) in [4.78, 5) is 23.8. The van der Waals surface area contributed by atoms with Crippen LogP contribution in [0.1, 0.15) is 13.3 Å². The van der Waals surface area contributed by atoms with Gasteiger partial charge < -0.3 is 9.64 Å². The summed E-state index contributed by atoms with van der Waals surface area (Å²) in [5, 5.41) is 11.6. The fourth-order valence-electron chi connectivity index (χ4n) is 2.17. The Morgan fingerprint density at radius 1 is 1.31 bits per heavy atom. The van der Waals surface area contributed by atoms with Crippen LogP contribution in [-0.4, -0.2) is 71.5 Å². The van der Waals surface area contributed by atoms with E-state index in [9.17, 15) is 18.4 Å². The average molecular weight is 430 g/mol. The number of hydrogen-bond acceptors (Lipinski definition) is 6. The summed E-state index contributed by atoms with van der Waals surface area (Å²) in [6, 6.07) is 3.32. The first-order chi connectivity index (χ1) is 12.0. The number of phenols is 1. The van der Waals surface area contributed by atoms with Crippen LogP contribution < -0.4 is 9.67 Å². The third-order valence-electron chi connectivity index (χ3n) is 3.42. The van der Waals surface area contributed by atoms with E-state index in [1.54, 1.807) is 0 Å². The van der Waals surface area contributed by atoms with Crippen molar-refractivity contribution in [2.45, 2.75) is 13.3 Å². The molecule has 1 aliphatic heterocycles. The average Bonchev–Trinajstić information content (AvgIpc) is 2.55. The number of aromatic hydroxyl groups is 1. The monoisotopic (exact) mass is 430 g/mol. The molecule has 4 N–H and O–H groups in total. The first-order valence-electron chi connectivity index (χ1n) is 7.67. The summed E-state index contributed by atoms with van der Waals surface area (Å²) in [6.07, 6.45) is 2.90. The number of carbonyl (C=O) groups excluding carboxylic acids is 2. The Bertz CT molecular complexity index is 742. The van der Waals surface area contributed by atoms with E-state index in [0.29, 0.717) is 6.54 Å². The normalized spacial score (nSPS) is 14.6. The summed E-state index contributed by atoms with van der Waals surface area (Å²) < 4.78 is 33.2. The Balaban J connectivity index is 0.000000273. The predicted octanol–water partition coefficient (Wildman–Crippen LogP) is -0.667. The Morgan fingerprint density at radius 2 is 1.96 bits per heavy atom. The second-order valence-electron chi connectivity index (χ2n) is 5.67. The van der Waals surface area contributed by atoms with E-state index in [1.807, 2.05) is 13.1 Å². The quantitative estimate of drug-likeness (QED) is 0.282. The fraction of sp³-hybridized carbons (Fsp3) is 0.375. The van der Waals surface area contributed by atoms with Crippen LogP contribution in [0.25, 0.3) is 0 Å². The van der Waals surface area contributed by atoms with Crippen LogP contribution in [0.15, 0.2) is 29.8 Å². The van der Waals surface area contributed by atoms with Crippen LogP contribution in [0.5, 0.6) is 5.75 Å². The van der Waals surface area contributed by atoms with Gasteiger partial charge in [-0.1, -0.05) is 6.08 Å². The van der Waals surface area contributed by atoms with Crippen molar-refractivity contribution in [2.24, 2.45) is 0 Å². The molecule has 0 aromatic heterocycles. The number of rotatable bonds is 3. The molecule has 0 aliphatic carbocycles. The first kappa shape index (κ1) is 22.0. The molecule has 0 unspecified atom stereocenters. The van der Waals surface area contributed by atoms with Gasteiger partial charge in [-0.25, -0.2) is 4.79 Å². The van der Waals surface area contributed by atoms with Crippen molar-refractivity contribution >= 4 is 36.1 Å². The molecule has 1 heterocycles. The number of nitrogens with zero attached hydrogens (tertiary/aromatic N) is 1. The topological polar surface area (TPSA) is 136 Å². The van der Waals surface area contributed by atoms with Crippen LogP contribution in [0, 0.1) is 0 Å². The number of likely N-dealkylation sites (N-methyl/N-ethyl adjacent to an activating group) is 1. The summed E-state index contributed by atoms with van der Waals surface area (Å²) in [6.45, 7) is 2.97. The van der Waals surface area contributed by atoms with E-state index in [-0.39, 0.29) is 21.8 Å². The molecule has 0 saturated carbocycles. The number of benzene rings is 1. The van der Waals surface area contributed by atoms with Crippen molar-refractivity contribution in [2.75, 3.05) is 32.6 Å². The molecule has 9 nitrogen and oxygen atoms in total. The smallest absolute Gasteiger partial charge is 0.334 e. The maximum atomic E-state index is 11.0. The van der Waals surface area contributed by atoms with Gasteiger partial charge in [-0.05, 0) is 13.5 Å². The maximum absolute atomic E-state index is 11.0. The Kier molecular flexibility index (Phi) is 8.10. The largest absolute Gasteiger partial charge is 0.466 e. The zero-order chi connectivity index (χ0) is 19.9. The number of phenolic OH excluding ortho intramolecular Hbond substituents is 1. The number of esters is 1. The van der Waals surface area contributed by atoms with E-state index in [0.717, 1.165) is 36.7 Å². The SMILES string of the molecule is CC(=O)Nc1cc([As](=O)(O)O)ccc1O.COC(=O)C1=CCCN(C)C1. The van der Waals surface area contributed by atoms with E-state index >= 15 is 0 Å². The van der Waals surface area contributed by atoms with Crippen LogP contribution >= 0.6 is 0 Å². The van der Waals surface area contributed by atoms with E-state index < -0.39 is 20.1 Å². The standard InChI is InChI=1S/C8H10AsNO5.C8H13NO2/c1-5(11)10-7-4-6(9(13,14)15)2-3-8(7)12;1-9-5-3-4-7(6-9)8(10)11-2/h2-4,12H,1H3,(H,10,11)(H2,13,14,15);4H,3,5-6H2,1-2H3. The van der Waals surface area contributed by atoms with Gasteiger partial charge in [-0.2, -0.15) is 0 Å². The minimum atomic E-state index is -4.98. The van der Waals surface area contributed by atoms with Gasteiger partial charge in [0.05, 0.1) is 7.11 Å². The van der Waals surface area contributed by atoms with Crippen molar-refractivity contribution in [3.63, 3.8) is 0 Å². The van der Waals surface area contributed by atoms with E-state index in [1.165, 1.54) is 14.0 Å². The number of carbonyl (C=O) groups is 2. The van der Waals surface area contributed by atoms with Gasteiger partial charge in [0, 0.05) is 18.7 Å². The molecule has 144 valence electrons. The minimum absolute atomic E-state index is 0.00951. The zero-order valence-corrected chi connectivity index (χ0v) is 16.7.